The summed E-state index contributed by atoms with van der Waals surface area (Å²) in [6.07, 6.45) is 5.40. The molecule has 1 aliphatic rings. The molecule has 3 rings (SSSR count). The van der Waals surface area contributed by atoms with Gasteiger partial charge in [0.2, 0.25) is 0 Å². The van der Waals surface area contributed by atoms with Gasteiger partial charge < -0.3 is 10.4 Å². The van der Waals surface area contributed by atoms with E-state index in [9.17, 15) is 5.11 Å². The van der Waals surface area contributed by atoms with E-state index in [0.717, 1.165) is 19.4 Å². The highest BCUT2D eigenvalue weighted by Gasteiger charge is 2.27. The quantitative estimate of drug-likeness (QED) is 0.884. The van der Waals surface area contributed by atoms with Crippen molar-refractivity contribution in [2.45, 2.75) is 53.0 Å². The summed E-state index contributed by atoms with van der Waals surface area (Å²) in [4.78, 5) is 0. The molecule has 0 fully saturated rings. The van der Waals surface area contributed by atoms with Crippen LogP contribution in [0.5, 0.6) is 0 Å². The number of rotatable bonds is 5. The fourth-order valence-electron chi connectivity index (χ4n) is 3.40. The third kappa shape index (κ3) is 3.26. The Morgan fingerprint density at radius 3 is 2.88 bits per heavy atom. The molecule has 4 nitrogen and oxygen atoms in total. The monoisotopic (exact) mass is 327 g/mol. The average Bonchev–Trinajstić information content (AvgIpc) is 3.00. The molecule has 2 N–H and O–H groups in total. The molecule has 1 heterocycles. The van der Waals surface area contributed by atoms with Crippen molar-refractivity contribution >= 4 is 0 Å². The minimum absolute atomic E-state index is 0.0965. The number of hydrogen-bond donors (Lipinski definition) is 2. The number of nitrogens with one attached hydrogen (secondary N) is 1. The minimum atomic E-state index is -0.0965. The normalized spacial score (nSPS) is 17.8. The molecular weight excluding hydrogens is 298 g/mol. The summed E-state index contributed by atoms with van der Waals surface area (Å²) in [5, 5.41) is 17.8. The van der Waals surface area contributed by atoms with Crippen LogP contribution in [0.25, 0.3) is 5.69 Å². The molecule has 2 aromatic rings. The van der Waals surface area contributed by atoms with Crippen LogP contribution in [-0.2, 0) is 6.42 Å². The first-order valence-electron chi connectivity index (χ1n) is 8.90. The molecule has 0 saturated carbocycles. The van der Waals surface area contributed by atoms with Gasteiger partial charge in [-0.2, -0.15) is 5.10 Å². The lowest BCUT2D eigenvalue weighted by Crippen LogP contribution is -2.35. The van der Waals surface area contributed by atoms with E-state index in [0.29, 0.717) is 6.04 Å². The topological polar surface area (TPSA) is 50.1 Å². The fraction of sp³-hybridized carbons (Fsp3) is 0.550. The van der Waals surface area contributed by atoms with Gasteiger partial charge in [0, 0.05) is 35.9 Å². The van der Waals surface area contributed by atoms with Gasteiger partial charge in [-0.15, -0.1) is 0 Å². The van der Waals surface area contributed by atoms with E-state index in [1.165, 1.54) is 34.5 Å². The van der Waals surface area contributed by atoms with Crippen molar-refractivity contribution in [1.29, 1.82) is 0 Å². The zero-order chi connectivity index (χ0) is 17.3. The zero-order valence-electron chi connectivity index (χ0n) is 15.3. The molecule has 0 bridgehead atoms. The first-order chi connectivity index (χ1) is 11.4. The van der Waals surface area contributed by atoms with Crippen LogP contribution in [-0.4, -0.2) is 28.0 Å². The number of hydrogen-bond acceptors (Lipinski definition) is 3. The molecule has 1 aliphatic carbocycles. The molecule has 130 valence electrons. The van der Waals surface area contributed by atoms with Gasteiger partial charge in [-0.25, -0.2) is 4.68 Å². The largest absolute Gasteiger partial charge is 0.396 e. The smallest absolute Gasteiger partial charge is 0.0680 e. The highest BCUT2D eigenvalue weighted by molar-refractivity contribution is 5.46. The van der Waals surface area contributed by atoms with Gasteiger partial charge in [-0.1, -0.05) is 26.0 Å². The van der Waals surface area contributed by atoms with Crippen molar-refractivity contribution in [3.05, 3.63) is 46.8 Å². The van der Waals surface area contributed by atoms with Crippen molar-refractivity contribution in [2.75, 3.05) is 13.2 Å². The van der Waals surface area contributed by atoms with Crippen LogP contribution in [0.1, 0.15) is 55.1 Å². The maximum atomic E-state index is 9.47. The molecule has 0 radical (unpaired) electrons. The Labute approximate surface area is 144 Å². The van der Waals surface area contributed by atoms with E-state index in [1.807, 2.05) is 6.20 Å². The fourth-order valence-corrected chi connectivity index (χ4v) is 3.40. The molecule has 0 aliphatic heterocycles. The van der Waals surface area contributed by atoms with Gasteiger partial charge in [0.05, 0.1) is 11.9 Å². The lowest BCUT2D eigenvalue weighted by atomic mass is 9.90. The second-order valence-corrected chi connectivity index (χ2v) is 7.83. The van der Waals surface area contributed by atoms with Crippen LogP contribution in [0.3, 0.4) is 0 Å². The Hall–Kier alpha value is -1.65. The Kier molecular flexibility index (Phi) is 4.79. The second-order valence-electron chi connectivity index (χ2n) is 7.83. The van der Waals surface area contributed by atoms with E-state index in [2.05, 4.69) is 55.9 Å². The summed E-state index contributed by atoms with van der Waals surface area (Å²) in [7, 11) is 0. The molecule has 0 saturated heterocycles. The summed E-state index contributed by atoms with van der Waals surface area (Å²) in [6, 6.07) is 6.74. The highest BCUT2D eigenvalue weighted by atomic mass is 16.3. The van der Waals surface area contributed by atoms with Crippen LogP contribution in [0.4, 0.5) is 0 Å². The summed E-state index contributed by atoms with van der Waals surface area (Å²) in [5.74, 6) is 0. The Balaban J connectivity index is 1.89. The third-order valence-electron chi connectivity index (χ3n) is 5.24. The lowest BCUT2D eigenvalue weighted by Gasteiger charge is -2.29. The number of fused-ring (bicyclic) bond motifs is 1. The van der Waals surface area contributed by atoms with Gasteiger partial charge >= 0.3 is 0 Å². The van der Waals surface area contributed by atoms with Crippen molar-refractivity contribution in [3.63, 3.8) is 0 Å². The van der Waals surface area contributed by atoms with Gasteiger partial charge in [-0.05, 0) is 50.3 Å². The van der Waals surface area contributed by atoms with Crippen LogP contribution in [0.15, 0.2) is 24.4 Å². The maximum Gasteiger partial charge on any atom is 0.0680 e. The molecular formula is C20H29N3O. The number of benzene rings is 1. The lowest BCUT2D eigenvalue weighted by molar-refractivity contribution is 0.152. The Morgan fingerprint density at radius 2 is 2.12 bits per heavy atom. The summed E-state index contributed by atoms with van der Waals surface area (Å²) < 4.78 is 2.13. The van der Waals surface area contributed by atoms with E-state index >= 15 is 0 Å². The SMILES string of the molecule is Cc1cccc(-n2ncc3c2CCC[C@@H]3NCC(C)(C)CO)c1C. The standard InChI is InChI=1S/C20H29N3O/c1-14-7-5-9-18(15(14)2)23-19-10-6-8-17(16(19)11-22-23)21-12-20(3,4)13-24/h5,7,9,11,17,21,24H,6,8,10,12-13H2,1-4H3/t17-/m0/s1. The predicted molar refractivity (Wildman–Crippen MR) is 97.6 cm³/mol. The van der Waals surface area contributed by atoms with Crippen molar-refractivity contribution < 1.29 is 5.11 Å². The minimum Gasteiger partial charge on any atom is -0.396 e. The Morgan fingerprint density at radius 1 is 1.33 bits per heavy atom. The number of aliphatic hydroxyl groups is 1. The third-order valence-corrected chi connectivity index (χ3v) is 5.24. The van der Waals surface area contributed by atoms with Crippen molar-refractivity contribution in [3.8, 4) is 5.69 Å². The number of aromatic nitrogens is 2. The molecule has 0 unspecified atom stereocenters. The van der Waals surface area contributed by atoms with Crippen molar-refractivity contribution in [1.82, 2.24) is 15.1 Å². The van der Waals surface area contributed by atoms with E-state index < -0.39 is 0 Å². The van der Waals surface area contributed by atoms with E-state index in [1.54, 1.807) is 0 Å². The number of nitrogens with zero attached hydrogens (tertiary/aromatic N) is 2. The molecule has 1 aromatic heterocycles. The molecule has 0 spiro atoms. The molecule has 24 heavy (non-hydrogen) atoms. The average molecular weight is 327 g/mol. The van der Waals surface area contributed by atoms with Crippen LogP contribution in [0.2, 0.25) is 0 Å². The van der Waals surface area contributed by atoms with Crippen LogP contribution >= 0.6 is 0 Å². The first-order valence-corrected chi connectivity index (χ1v) is 8.90. The summed E-state index contributed by atoms with van der Waals surface area (Å²) in [6.45, 7) is 9.49. The van der Waals surface area contributed by atoms with Gasteiger partial charge in [0.1, 0.15) is 0 Å². The second kappa shape index (κ2) is 6.69. The number of aryl methyl sites for hydroxylation is 1. The Bertz CT molecular complexity index is 718. The van der Waals surface area contributed by atoms with Gasteiger partial charge in [0.15, 0.2) is 0 Å². The van der Waals surface area contributed by atoms with E-state index in [4.69, 9.17) is 5.10 Å². The molecule has 1 atom stereocenters. The van der Waals surface area contributed by atoms with Crippen LogP contribution in [0, 0.1) is 19.3 Å². The molecule has 0 amide bonds. The highest BCUT2D eigenvalue weighted by Crippen LogP contribution is 2.32. The van der Waals surface area contributed by atoms with Gasteiger partial charge in [0.25, 0.3) is 0 Å². The predicted octanol–water partition coefficient (Wildman–Crippen LogP) is 3.47. The first kappa shape index (κ1) is 17.2. The zero-order valence-corrected chi connectivity index (χ0v) is 15.3. The molecule has 4 heteroatoms. The molecule has 1 aromatic carbocycles. The van der Waals surface area contributed by atoms with E-state index in [-0.39, 0.29) is 12.0 Å². The summed E-state index contributed by atoms with van der Waals surface area (Å²) in [5.41, 5.74) is 6.32. The van der Waals surface area contributed by atoms with Crippen molar-refractivity contribution in [2.24, 2.45) is 5.41 Å². The van der Waals surface area contributed by atoms with Gasteiger partial charge in [-0.3, -0.25) is 0 Å². The number of aliphatic hydroxyl groups excluding tert-OH is 1. The maximum absolute atomic E-state index is 9.47. The van der Waals surface area contributed by atoms with Crippen LogP contribution < -0.4 is 5.32 Å². The summed E-state index contributed by atoms with van der Waals surface area (Å²) >= 11 is 0.